The van der Waals surface area contributed by atoms with E-state index in [1.807, 2.05) is 0 Å². The summed E-state index contributed by atoms with van der Waals surface area (Å²) in [5.74, 6) is -0.867. The molecule has 0 aliphatic heterocycles. The quantitative estimate of drug-likeness (QED) is 0.741. The van der Waals surface area contributed by atoms with Crippen LogP contribution in [0.1, 0.15) is 35.0 Å². The van der Waals surface area contributed by atoms with Crippen LogP contribution in [0.25, 0.3) is 0 Å². The highest BCUT2D eigenvalue weighted by Crippen LogP contribution is 2.17. The molecular weight excluding hydrogens is 200 g/mol. The van der Waals surface area contributed by atoms with E-state index in [0.717, 1.165) is 18.4 Å². The predicted octanol–water partition coefficient (Wildman–Crippen LogP) is 2.76. The van der Waals surface area contributed by atoms with Crippen LogP contribution < -0.4 is 0 Å². The number of thiophene rings is 1. The number of hydrogen-bond acceptors (Lipinski definition) is 3. The number of unbranched alkanes of at least 4 members (excludes halogenated alkanes) is 1. The van der Waals surface area contributed by atoms with Crippen LogP contribution in [0, 0.1) is 0 Å². The lowest BCUT2D eigenvalue weighted by atomic mass is 10.3. The Labute approximate surface area is 87.3 Å². The monoisotopic (exact) mass is 214 g/mol. The zero-order valence-electron chi connectivity index (χ0n) is 8.16. The summed E-state index contributed by atoms with van der Waals surface area (Å²) < 4.78 is 5.35. The van der Waals surface area contributed by atoms with Crippen LogP contribution in [-0.4, -0.2) is 17.7 Å². The third-order valence-corrected chi connectivity index (χ3v) is 2.79. The van der Waals surface area contributed by atoms with Gasteiger partial charge in [-0.15, -0.1) is 11.3 Å². The van der Waals surface area contributed by atoms with Crippen molar-refractivity contribution in [2.45, 2.75) is 26.4 Å². The first-order chi connectivity index (χ1) is 6.75. The lowest BCUT2D eigenvalue weighted by Gasteiger charge is -2.02. The number of carbonyl (C=O) groups is 1. The van der Waals surface area contributed by atoms with E-state index >= 15 is 0 Å². The molecule has 0 saturated heterocycles. The molecule has 0 amide bonds. The van der Waals surface area contributed by atoms with E-state index in [9.17, 15) is 4.79 Å². The summed E-state index contributed by atoms with van der Waals surface area (Å²) in [6, 6.07) is 1.81. The number of ether oxygens (including phenoxy) is 1. The second-order valence-corrected chi connectivity index (χ2v) is 3.90. The summed E-state index contributed by atoms with van der Waals surface area (Å²) in [7, 11) is 0. The van der Waals surface area contributed by atoms with E-state index in [1.54, 1.807) is 11.4 Å². The first-order valence-corrected chi connectivity index (χ1v) is 5.51. The molecule has 0 aromatic carbocycles. The van der Waals surface area contributed by atoms with Crippen LogP contribution >= 0.6 is 11.3 Å². The van der Waals surface area contributed by atoms with Crippen LogP contribution in [0.5, 0.6) is 0 Å². The molecule has 1 aromatic heterocycles. The van der Waals surface area contributed by atoms with Crippen LogP contribution in [0.2, 0.25) is 0 Å². The molecule has 0 bridgehead atoms. The molecule has 78 valence electrons. The molecule has 0 atom stereocenters. The summed E-state index contributed by atoms with van der Waals surface area (Å²) in [5, 5.41) is 10.6. The average Bonchev–Trinajstić information content (AvgIpc) is 2.60. The lowest BCUT2D eigenvalue weighted by Crippen LogP contribution is -2.00. The Morgan fingerprint density at radius 2 is 2.43 bits per heavy atom. The fraction of sp³-hybridized carbons (Fsp3) is 0.500. The van der Waals surface area contributed by atoms with Crippen molar-refractivity contribution in [1.29, 1.82) is 0 Å². The average molecular weight is 214 g/mol. The highest BCUT2D eigenvalue weighted by Gasteiger charge is 2.10. The van der Waals surface area contributed by atoms with Gasteiger partial charge in [-0.2, -0.15) is 0 Å². The van der Waals surface area contributed by atoms with Crippen LogP contribution in [0.4, 0.5) is 0 Å². The maximum atomic E-state index is 10.7. The maximum Gasteiger partial charge on any atom is 0.346 e. The van der Waals surface area contributed by atoms with Gasteiger partial charge in [-0.1, -0.05) is 13.3 Å². The first kappa shape index (κ1) is 11.2. The minimum absolute atomic E-state index is 0.390. The molecule has 4 heteroatoms. The van der Waals surface area contributed by atoms with E-state index in [4.69, 9.17) is 9.84 Å². The molecule has 14 heavy (non-hydrogen) atoms. The molecule has 0 radical (unpaired) electrons. The second-order valence-electron chi connectivity index (χ2n) is 2.99. The molecule has 0 unspecified atom stereocenters. The molecule has 0 aliphatic carbocycles. The molecule has 0 saturated carbocycles. The summed E-state index contributed by atoms with van der Waals surface area (Å²) in [5.41, 5.74) is 0.776. The molecule has 1 N–H and O–H groups in total. The van der Waals surface area contributed by atoms with Crippen molar-refractivity contribution in [2.24, 2.45) is 0 Å². The highest BCUT2D eigenvalue weighted by atomic mass is 32.1. The molecular formula is C10H14O3S. The second kappa shape index (κ2) is 5.78. The molecule has 0 fully saturated rings. The zero-order valence-corrected chi connectivity index (χ0v) is 8.97. The van der Waals surface area contributed by atoms with Gasteiger partial charge in [0.1, 0.15) is 4.88 Å². The van der Waals surface area contributed by atoms with Gasteiger partial charge >= 0.3 is 5.97 Å². The van der Waals surface area contributed by atoms with Crippen molar-refractivity contribution in [2.75, 3.05) is 6.61 Å². The van der Waals surface area contributed by atoms with Crippen molar-refractivity contribution >= 4 is 17.3 Å². The Bertz CT molecular complexity index is 293. The van der Waals surface area contributed by atoms with E-state index in [1.165, 1.54) is 11.3 Å². The van der Waals surface area contributed by atoms with Crippen molar-refractivity contribution in [3.63, 3.8) is 0 Å². The largest absolute Gasteiger partial charge is 0.477 e. The summed E-state index contributed by atoms with van der Waals surface area (Å²) >= 11 is 1.24. The van der Waals surface area contributed by atoms with Gasteiger partial charge in [-0.3, -0.25) is 0 Å². The predicted molar refractivity (Wildman–Crippen MR) is 55.8 cm³/mol. The number of carboxylic acids is 1. The molecule has 0 spiro atoms. The van der Waals surface area contributed by atoms with Gasteiger partial charge in [0.2, 0.25) is 0 Å². The molecule has 3 nitrogen and oxygen atoms in total. The first-order valence-electron chi connectivity index (χ1n) is 4.63. The summed E-state index contributed by atoms with van der Waals surface area (Å²) in [4.78, 5) is 11.1. The van der Waals surface area contributed by atoms with Crippen molar-refractivity contribution in [3.05, 3.63) is 21.9 Å². The van der Waals surface area contributed by atoms with E-state index in [2.05, 4.69) is 6.92 Å². The van der Waals surface area contributed by atoms with Gasteiger partial charge in [0.25, 0.3) is 0 Å². The van der Waals surface area contributed by atoms with E-state index in [0.29, 0.717) is 18.1 Å². The van der Waals surface area contributed by atoms with Gasteiger partial charge in [-0.05, 0) is 17.9 Å². The van der Waals surface area contributed by atoms with Crippen molar-refractivity contribution < 1.29 is 14.6 Å². The zero-order chi connectivity index (χ0) is 10.4. The summed E-state index contributed by atoms with van der Waals surface area (Å²) in [6.07, 6.45) is 2.11. The van der Waals surface area contributed by atoms with Gasteiger partial charge < -0.3 is 9.84 Å². The lowest BCUT2D eigenvalue weighted by molar-refractivity contribution is 0.0693. The minimum atomic E-state index is -0.867. The van der Waals surface area contributed by atoms with Crippen LogP contribution in [-0.2, 0) is 11.3 Å². The Morgan fingerprint density at radius 1 is 1.64 bits per heavy atom. The highest BCUT2D eigenvalue weighted by molar-refractivity contribution is 7.12. The fourth-order valence-electron chi connectivity index (χ4n) is 1.07. The summed E-state index contributed by atoms with van der Waals surface area (Å²) in [6.45, 7) is 3.20. The van der Waals surface area contributed by atoms with Gasteiger partial charge in [0.05, 0.1) is 6.61 Å². The Balaban J connectivity index is 2.42. The van der Waals surface area contributed by atoms with E-state index < -0.39 is 5.97 Å². The van der Waals surface area contributed by atoms with Crippen LogP contribution in [0.15, 0.2) is 11.4 Å². The maximum absolute atomic E-state index is 10.7. The SMILES string of the molecule is CCCCOCc1ccsc1C(=O)O. The topological polar surface area (TPSA) is 46.5 Å². The molecule has 0 aliphatic rings. The van der Waals surface area contributed by atoms with Gasteiger partial charge in [0, 0.05) is 12.2 Å². The number of hydrogen-bond donors (Lipinski definition) is 1. The Kier molecular flexibility index (Phi) is 4.62. The number of aromatic carboxylic acids is 1. The van der Waals surface area contributed by atoms with Crippen LogP contribution in [0.3, 0.4) is 0 Å². The number of carboxylic acid groups (broad SMARTS) is 1. The van der Waals surface area contributed by atoms with Crippen molar-refractivity contribution in [1.82, 2.24) is 0 Å². The third kappa shape index (κ3) is 3.12. The number of rotatable bonds is 6. The normalized spacial score (nSPS) is 10.4. The molecule has 1 heterocycles. The van der Waals surface area contributed by atoms with Gasteiger partial charge in [-0.25, -0.2) is 4.79 Å². The van der Waals surface area contributed by atoms with Crippen molar-refractivity contribution in [3.8, 4) is 0 Å². The molecule has 1 aromatic rings. The standard InChI is InChI=1S/C10H14O3S/c1-2-3-5-13-7-8-4-6-14-9(8)10(11)12/h4,6H,2-3,5,7H2,1H3,(H,11,12). The van der Waals surface area contributed by atoms with E-state index in [-0.39, 0.29) is 0 Å². The van der Waals surface area contributed by atoms with Gasteiger partial charge in [0.15, 0.2) is 0 Å². The fourth-order valence-corrected chi connectivity index (χ4v) is 1.81. The molecule has 1 rings (SSSR count). The Morgan fingerprint density at radius 3 is 3.07 bits per heavy atom. The Hall–Kier alpha value is -0.870. The third-order valence-electron chi connectivity index (χ3n) is 1.84. The smallest absolute Gasteiger partial charge is 0.346 e. The minimum Gasteiger partial charge on any atom is -0.477 e.